The zero-order chi connectivity index (χ0) is 9.14. The highest BCUT2D eigenvalue weighted by Crippen LogP contribution is 2.31. The van der Waals surface area contributed by atoms with Crippen molar-refractivity contribution in [3.8, 4) is 5.75 Å². The number of benzene rings is 1. The SMILES string of the molecule is COc1cc(Cl)cc(CO)c1Cl. The molecule has 1 aromatic carbocycles. The van der Waals surface area contributed by atoms with Crippen LogP contribution in [-0.4, -0.2) is 12.2 Å². The maximum Gasteiger partial charge on any atom is 0.139 e. The van der Waals surface area contributed by atoms with Crippen LogP contribution < -0.4 is 4.74 Å². The van der Waals surface area contributed by atoms with Crippen molar-refractivity contribution in [2.75, 3.05) is 7.11 Å². The van der Waals surface area contributed by atoms with Crippen LogP contribution >= 0.6 is 23.2 Å². The number of aliphatic hydroxyl groups excluding tert-OH is 1. The number of methoxy groups -OCH3 is 1. The molecule has 1 aromatic rings. The zero-order valence-corrected chi connectivity index (χ0v) is 7.99. The summed E-state index contributed by atoms with van der Waals surface area (Å²) in [6.07, 6.45) is 0. The van der Waals surface area contributed by atoms with E-state index in [0.717, 1.165) is 0 Å². The summed E-state index contributed by atoms with van der Waals surface area (Å²) >= 11 is 11.6. The Morgan fingerprint density at radius 1 is 1.42 bits per heavy atom. The fraction of sp³-hybridized carbons (Fsp3) is 0.250. The standard InChI is InChI=1S/C8H8Cl2O2/c1-12-7-3-6(9)2-5(4-11)8(7)10/h2-3,11H,4H2,1H3. The Hall–Kier alpha value is -0.440. The van der Waals surface area contributed by atoms with Gasteiger partial charge in [-0.05, 0) is 6.07 Å². The Morgan fingerprint density at radius 3 is 2.58 bits per heavy atom. The number of halogens is 2. The lowest BCUT2D eigenvalue weighted by atomic mass is 10.2. The second-order valence-electron chi connectivity index (χ2n) is 2.24. The number of hydrogen-bond donors (Lipinski definition) is 1. The third kappa shape index (κ3) is 1.83. The van der Waals surface area contributed by atoms with Gasteiger partial charge >= 0.3 is 0 Å². The molecule has 0 heterocycles. The number of hydrogen-bond acceptors (Lipinski definition) is 2. The Kier molecular flexibility index (Phi) is 3.20. The predicted octanol–water partition coefficient (Wildman–Crippen LogP) is 2.49. The summed E-state index contributed by atoms with van der Waals surface area (Å²) in [5.74, 6) is 0.480. The van der Waals surface area contributed by atoms with Gasteiger partial charge in [-0.2, -0.15) is 0 Å². The molecule has 0 aliphatic rings. The smallest absolute Gasteiger partial charge is 0.139 e. The minimum absolute atomic E-state index is 0.143. The molecule has 4 heteroatoms. The molecule has 0 saturated heterocycles. The monoisotopic (exact) mass is 206 g/mol. The van der Waals surface area contributed by atoms with E-state index in [1.807, 2.05) is 0 Å². The lowest BCUT2D eigenvalue weighted by molar-refractivity contribution is 0.281. The van der Waals surface area contributed by atoms with Gasteiger partial charge in [0.25, 0.3) is 0 Å². The molecular formula is C8H8Cl2O2. The van der Waals surface area contributed by atoms with Crippen molar-refractivity contribution in [2.45, 2.75) is 6.61 Å². The van der Waals surface area contributed by atoms with E-state index in [1.165, 1.54) is 7.11 Å². The van der Waals surface area contributed by atoms with E-state index in [9.17, 15) is 0 Å². The summed E-state index contributed by atoms with van der Waals surface area (Å²) in [5.41, 5.74) is 0.570. The Morgan fingerprint density at radius 2 is 2.08 bits per heavy atom. The van der Waals surface area contributed by atoms with Crippen LogP contribution in [0.15, 0.2) is 12.1 Å². The molecule has 0 saturated carbocycles. The van der Waals surface area contributed by atoms with Crippen molar-refractivity contribution in [2.24, 2.45) is 0 Å². The highest BCUT2D eigenvalue weighted by Gasteiger charge is 2.07. The molecular weight excluding hydrogens is 199 g/mol. The largest absolute Gasteiger partial charge is 0.495 e. The fourth-order valence-corrected chi connectivity index (χ4v) is 1.36. The Bertz CT molecular complexity index is 261. The predicted molar refractivity (Wildman–Crippen MR) is 48.9 cm³/mol. The normalized spacial score (nSPS) is 10.0. The van der Waals surface area contributed by atoms with E-state index in [1.54, 1.807) is 12.1 Å². The highest BCUT2D eigenvalue weighted by atomic mass is 35.5. The molecule has 0 fully saturated rings. The lowest BCUT2D eigenvalue weighted by Crippen LogP contribution is -1.90. The molecule has 0 atom stereocenters. The van der Waals surface area contributed by atoms with Crippen molar-refractivity contribution in [1.29, 1.82) is 0 Å². The van der Waals surface area contributed by atoms with Crippen LogP contribution in [0, 0.1) is 0 Å². The van der Waals surface area contributed by atoms with E-state index < -0.39 is 0 Å². The van der Waals surface area contributed by atoms with Crippen molar-refractivity contribution in [3.63, 3.8) is 0 Å². The summed E-state index contributed by atoms with van der Waals surface area (Å²) in [6, 6.07) is 3.20. The van der Waals surface area contributed by atoms with Crippen LogP contribution in [0.4, 0.5) is 0 Å². The van der Waals surface area contributed by atoms with E-state index in [-0.39, 0.29) is 6.61 Å². The van der Waals surface area contributed by atoms with Gasteiger partial charge in [-0.1, -0.05) is 23.2 Å². The van der Waals surface area contributed by atoms with Gasteiger partial charge in [-0.3, -0.25) is 0 Å². The van der Waals surface area contributed by atoms with Crippen LogP contribution in [0.1, 0.15) is 5.56 Å². The van der Waals surface area contributed by atoms with Gasteiger partial charge in [0.15, 0.2) is 0 Å². The number of aliphatic hydroxyl groups is 1. The van der Waals surface area contributed by atoms with Crippen molar-refractivity contribution in [3.05, 3.63) is 27.7 Å². The van der Waals surface area contributed by atoms with Crippen LogP contribution in [0.5, 0.6) is 5.75 Å². The molecule has 66 valence electrons. The molecule has 0 bridgehead atoms. The van der Waals surface area contributed by atoms with Crippen molar-refractivity contribution < 1.29 is 9.84 Å². The summed E-state index contributed by atoms with van der Waals surface area (Å²) in [5, 5.41) is 9.77. The molecule has 0 radical (unpaired) electrons. The first-order valence-corrected chi connectivity index (χ1v) is 4.07. The molecule has 2 nitrogen and oxygen atoms in total. The average Bonchev–Trinajstić information content (AvgIpc) is 2.08. The first kappa shape index (κ1) is 9.65. The fourth-order valence-electron chi connectivity index (χ4n) is 0.882. The molecule has 0 aromatic heterocycles. The minimum Gasteiger partial charge on any atom is -0.495 e. The summed E-state index contributed by atoms with van der Waals surface area (Å²) in [7, 11) is 1.50. The van der Waals surface area contributed by atoms with Gasteiger partial charge < -0.3 is 9.84 Å². The molecule has 0 aliphatic heterocycles. The zero-order valence-electron chi connectivity index (χ0n) is 6.47. The third-order valence-corrected chi connectivity index (χ3v) is 2.12. The number of ether oxygens (including phenoxy) is 1. The van der Waals surface area contributed by atoms with Crippen LogP contribution in [0.2, 0.25) is 10.0 Å². The number of rotatable bonds is 2. The summed E-state index contributed by atoms with van der Waals surface area (Å²) < 4.78 is 4.94. The van der Waals surface area contributed by atoms with Gasteiger partial charge in [0.05, 0.1) is 18.7 Å². The van der Waals surface area contributed by atoms with E-state index in [0.29, 0.717) is 21.4 Å². The van der Waals surface area contributed by atoms with Crippen molar-refractivity contribution in [1.82, 2.24) is 0 Å². The van der Waals surface area contributed by atoms with E-state index in [4.69, 9.17) is 33.0 Å². The average molecular weight is 207 g/mol. The van der Waals surface area contributed by atoms with Gasteiger partial charge in [0.1, 0.15) is 5.75 Å². The first-order chi connectivity index (χ1) is 5.69. The molecule has 0 amide bonds. The topological polar surface area (TPSA) is 29.5 Å². The van der Waals surface area contributed by atoms with Gasteiger partial charge in [0, 0.05) is 16.7 Å². The molecule has 1 N–H and O–H groups in total. The first-order valence-electron chi connectivity index (χ1n) is 3.31. The van der Waals surface area contributed by atoms with Crippen LogP contribution in [-0.2, 0) is 6.61 Å². The molecule has 0 unspecified atom stereocenters. The van der Waals surface area contributed by atoms with Crippen LogP contribution in [0.25, 0.3) is 0 Å². The molecule has 1 rings (SSSR count). The lowest BCUT2D eigenvalue weighted by Gasteiger charge is -2.06. The maximum absolute atomic E-state index is 8.86. The van der Waals surface area contributed by atoms with E-state index in [2.05, 4.69) is 0 Å². The second-order valence-corrected chi connectivity index (χ2v) is 3.05. The van der Waals surface area contributed by atoms with E-state index >= 15 is 0 Å². The Balaban J connectivity index is 3.22. The van der Waals surface area contributed by atoms with Crippen molar-refractivity contribution >= 4 is 23.2 Å². The molecule has 0 aliphatic carbocycles. The Labute approximate surface area is 80.7 Å². The van der Waals surface area contributed by atoms with Crippen LogP contribution in [0.3, 0.4) is 0 Å². The minimum atomic E-state index is -0.143. The second kappa shape index (κ2) is 3.99. The van der Waals surface area contributed by atoms with Gasteiger partial charge in [-0.25, -0.2) is 0 Å². The summed E-state index contributed by atoms with van der Waals surface area (Å²) in [6.45, 7) is -0.143. The van der Waals surface area contributed by atoms with Gasteiger partial charge in [-0.15, -0.1) is 0 Å². The summed E-state index contributed by atoms with van der Waals surface area (Å²) in [4.78, 5) is 0. The molecule has 12 heavy (non-hydrogen) atoms. The maximum atomic E-state index is 8.86. The molecule has 0 spiro atoms. The third-order valence-electron chi connectivity index (χ3n) is 1.47. The van der Waals surface area contributed by atoms with Gasteiger partial charge in [0.2, 0.25) is 0 Å². The highest BCUT2D eigenvalue weighted by molar-refractivity contribution is 6.34. The quantitative estimate of drug-likeness (QED) is 0.807.